The summed E-state index contributed by atoms with van der Waals surface area (Å²) in [5.74, 6) is 0.515. The van der Waals surface area contributed by atoms with Crippen molar-refractivity contribution in [2.24, 2.45) is 5.73 Å². The second-order valence-electron chi connectivity index (χ2n) is 3.69. The Morgan fingerprint density at radius 2 is 2.15 bits per heavy atom. The van der Waals surface area contributed by atoms with Gasteiger partial charge < -0.3 is 5.73 Å². The zero-order valence-electron chi connectivity index (χ0n) is 7.50. The Bertz CT molecular complexity index is 284. The van der Waals surface area contributed by atoms with Crippen LogP contribution in [0.3, 0.4) is 0 Å². The van der Waals surface area contributed by atoms with E-state index in [0.717, 1.165) is 11.4 Å². The van der Waals surface area contributed by atoms with Crippen molar-refractivity contribution < 1.29 is 0 Å². The molecule has 13 heavy (non-hydrogen) atoms. The summed E-state index contributed by atoms with van der Waals surface area (Å²) in [5, 5.41) is 2.96. The third-order valence-corrected chi connectivity index (χ3v) is 4.29. The highest BCUT2D eigenvalue weighted by Crippen LogP contribution is 2.38. The first-order chi connectivity index (χ1) is 6.29. The van der Waals surface area contributed by atoms with E-state index in [9.17, 15) is 0 Å². The van der Waals surface area contributed by atoms with Crippen LogP contribution in [0.15, 0.2) is 11.4 Å². The summed E-state index contributed by atoms with van der Waals surface area (Å²) in [5.41, 5.74) is 6.09. The van der Waals surface area contributed by atoms with Gasteiger partial charge in [-0.25, -0.2) is 0 Å². The first kappa shape index (κ1) is 9.50. The van der Waals surface area contributed by atoms with Gasteiger partial charge in [0.25, 0.3) is 0 Å². The van der Waals surface area contributed by atoms with Crippen molar-refractivity contribution in [2.45, 2.75) is 37.6 Å². The minimum absolute atomic E-state index is 0.324. The summed E-state index contributed by atoms with van der Waals surface area (Å²) in [7, 11) is 0. The highest BCUT2D eigenvalue weighted by molar-refractivity contribution is 7.10. The Morgan fingerprint density at radius 1 is 1.38 bits per heavy atom. The van der Waals surface area contributed by atoms with Crippen LogP contribution in [0.4, 0.5) is 0 Å². The molecular formula is C10H14ClNS. The summed E-state index contributed by atoms with van der Waals surface area (Å²) in [6, 6.07) is 2.30. The molecule has 2 rings (SSSR count). The molecule has 1 aromatic heterocycles. The van der Waals surface area contributed by atoms with Crippen LogP contribution in [0, 0.1) is 0 Å². The second-order valence-corrected chi connectivity index (χ2v) is 5.04. The van der Waals surface area contributed by atoms with Gasteiger partial charge in [0.15, 0.2) is 0 Å². The number of hydrogen-bond acceptors (Lipinski definition) is 2. The smallest absolute Gasteiger partial charge is 0.0548 e. The molecule has 0 radical (unpaired) electrons. The molecule has 0 aromatic carbocycles. The van der Waals surface area contributed by atoms with Crippen LogP contribution >= 0.6 is 22.9 Å². The van der Waals surface area contributed by atoms with E-state index in [1.54, 1.807) is 11.3 Å². The van der Waals surface area contributed by atoms with Crippen LogP contribution in [-0.4, -0.2) is 6.04 Å². The maximum absolute atomic E-state index is 6.09. The Labute approximate surface area is 87.9 Å². The molecule has 0 aliphatic heterocycles. The third-order valence-electron chi connectivity index (χ3n) is 2.80. The number of hydrogen-bond donors (Lipinski definition) is 1. The van der Waals surface area contributed by atoms with Crippen LogP contribution < -0.4 is 5.73 Å². The SMILES string of the molecule is NC1CCCCC1c1sccc1Cl. The molecule has 0 bridgehead atoms. The van der Waals surface area contributed by atoms with Gasteiger partial charge in [0.1, 0.15) is 0 Å². The van der Waals surface area contributed by atoms with Crippen molar-refractivity contribution in [1.29, 1.82) is 0 Å². The second kappa shape index (κ2) is 3.99. The largest absolute Gasteiger partial charge is 0.327 e. The molecule has 3 heteroatoms. The molecule has 2 unspecified atom stereocenters. The minimum atomic E-state index is 0.324. The van der Waals surface area contributed by atoms with E-state index in [1.165, 1.54) is 24.1 Å². The van der Waals surface area contributed by atoms with Gasteiger partial charge in [-0.2, -0.15) is 0 Å². The van der Waals surface area contributed by atoms with E-state index < -0.39 is 0 Å². The molecule has 72 valence electrons. The average molecular weight is 216 g/mol. The molecule has 1 aromatic rings. The third kappa shape index (κ3) is 1.90. The summed E-state index contributed by atoms with van der Waals surface area (Å²) in [6.45, 7) is 0. The molecule has 1 saturated carbocycles. The fourth-order valence-electron chi connectivity index (χ4n) is 2.06. The number of rotatable bonds is 1. The fraction of sp³-hybridized carbons (Fsp3) is 0.600. The Balaban J connectivity index is 2.19. The molecule has 0 amide bonds. The van der Waals surface area contributed by atoms with Gasteiger partial charge in [-0.05, 0) is 24.3 Å². The normalized spacial score (nSPS) is 29.1. The molecule has 0 saturated heterocycles. The van der Waals surface area contributed by atoms with Crippen LogP contribution in [0.25, 0.3) is 0 Å². The van der Waals surface area contributed by atoms with Crippen LogP contribution in [0.2, 0.25) is 5.02 Å². The van der Waals surface area contributed by atoms with Crippen LogP contribution in [0.5, 0.6) is 0 Å². The molecule has 1 nitrogen and oxygen atoms in total. The van der Waals surface area contributed by atoms with Gasteiger partial charge in [0.05, 0.1) is 5.02 Å². The van der Waals surface area contributed by atoms with Gasteiger partial charge in [-0.15, -0.1) is 11.3 Å². The predicted molar refractivity (Wildman–Crippen MR) is 58.5 cm³/mol. The van der Waals surface area contributed by atoms with Crippen molar-refractivity contribution in [3.05, 3.63) is 21.3 Å². The Morgan fingerprint density at radius 3 is 2.77 bits per heavy atom. The zero-order valence-corrected chi connectivity index (χ0v) is 9.07. The monoisotopic (exact) mass is 215 g/mol. The van der Waals surface area contributed by atoms with Gasteiger partial charge >= 0.3 is 0 Å². The van der Waals surface area contributed by atoms with E-state index in [-0.39, 0.29) is 0 Å². The molecule has 1 aliphatic carbocycles. The highest BCUT2D eigenvalue weighted by Gasteiger charge is 2.25. The summed E-state index contributed by atoms with van der Waals surface area (Å²) in [6.07, 6.45) is 4.94. The van der Waals surface area contributed by atoms with Crippen molar-refractivity contribution >= 4 is 22.9 Å². The Kier molecular flexibility index (Phi) is 2.92. The lowest BCUT2D eigenvalue weighted by Gasteiger charge is -2.27. The van der Waals surface area contributed by atoms with E-state index in [4.69, 9.17) is 17.3 Å². The number of halogens is 1. The molecular weight excluding hydrogens is 202 g/mol. The fourth-order valence-corrected chi connectivity index (χ4v) is 3.47. The summed E-state index contributed by atoms with van der Waals surface area (Å²) in [4.78, 5) is 1.30. The molecule has 1 heterocycles. The molecule has 1 fully saturated rings. The van der Waals surface area contributed by atoms with Gasteiger partial charge in [-0.1, -0.05) is 24.4 Å². The first-order valence-corrected chi connectivity index (χ1v) is 6.03. The standard InChI is InChI=1S/C10H14ClNS/c11-8-5-6-13-10(8)7-3-1-2-4-9(7)12/h5-7,9H,1-4,12H2. The summed E-state index contributed by atoms with van der Waals surface area (Å²) >= 11 is 7.84. The zero-order chi connectivity index (χ0) is 9.26. The van der Waals surface area contributed by atoms with E-state index in [0.29, 0.717) is 12.0 Å². The van der Waals surface area contributed by atoms with Gasteiger partial charge in [0.2, 0.25) is 0 Å². The highest BCUT2D eigenvalue weighted by atomic mass is 35.5. The predicted octanol–water partition coefficient (Wildman–Crippen LogP) is 3.39. The van der Waals surface area contributed by atoms with Gasteiger partial charge in [0, 0.05) is 16.8 Å². The molecule has 0 spiro atoms. The first-order valence-electron chi connectivity index (χ1n) is 4.77. The topological polar surface area (TPSA) is 26.0 Å². The van der Waals surface area contributed by atoms with E-state index in [2.05, 4.69) is 5.38 Å². The van der Waals surface area contributed by atoms with Crippen molar-refractivity contribution in [2.75, 3.05) is 0 Å². The number of nitrogens with two attached hydrogens (primary N) is 1. The summed E-state index contributed by atoms with van der Waals surface area (Å²) < 4.78 is 0. The molecule has 2 N–H and O–H groups in total. The Hall–Kier alpha value is -0.0500. The van der Waals surface area contributed by atoms with Crippen molar-refractivity contribution in [3.63, 3.8) is 0 Å². The average Bonchev–Trinajstić information content (AvgIpc) is 2.52. The quantitative estimate of drug-likeness (QED) is 0.764. The van der Waals surface area contributed by atoms with Crippen molar-refractivity contribution in [3.8, 4) is 0 Å². The van der Waals surface area contributed by atoms with Gasteiger partial charge in [-0.3, -0.25) is 0 Å². The minimum Gasteiger partial charge on any atom is -0.327 e. The van der Waals surface area contributed by atoms with E-state index >= 15 is 0 Å². The van der Waals surface area contributed by atoms with Crippen LogP contribution in [-0.2, 0) is 0 Å². The lowest BCUT2D eigenvalue weighted by Crippen LogP contribution is -2.30. The lowest BCUT2D eigenvalue weighted by molar-refractivity contribution is 0.389. The van der Waals surface area contributed by atoms with Crippen molar-refractivity contribution in [1.82, 2.24) is 0 Å². The van der Waals surface area contributed by atoms with E-state index in [1.807, 2.05) is 6.07 Å². The molecule has 1 aliphatic rings. The number of thiophene rings is 1. The maximum Gasteiger partial charge on any atom is 0.0548 e. The van der Waals surface area contributed by atoms with Crippen LogP contribution in [0.1, 0.15) is 36.5 Å². The molecule has 2 atom stereocenters. The lowest BCUT2D eigenvalue weighted by atomic mass is 9.84. The maximum atomic E-state index is 6.09.